The first-order chi connectivity index (χ1) is 10.6. The van der Waals surface area contributed by atoms with Crippen molar-refractivity contribution in [3.05, 3.63) is 29.3 Å². The van der Waals surface area contributed by atoms with Gasteiger partial charge in [0.2, 0.25) is 0 Å². The van der Waals surface area contributed by atoms with E-state index in [4.69, 9.17) is 4.74 Å². The number of hydrogen-bond donors (Lipinski definition) is 1. The van der Waals surface area contributed by atoms with Crippen molar-refractivity contribution in [2.24, 2.45) is 0 Å². The van der Waals surface area contributed by atoms with Gasteiger partial charge in [-0.05, 0) is 49.4 Å². The van der Waals surface area contributed by atoms with Crippen LogP contribution < -0.4 is 4.74 Å². The Labute approximate surface area is 132 Å². The smallest absolute Gasteiger partial charge is 0.416 e. The Morgan fingerprint density at radius 3 is 2.22 bits per heavy atom. The van der Waals surface area contributed by atoms with Crippen molar-refractivity contribution < 1.29 is 31.4 Å². The van der Waals surface area contributed by atoms with E-state index in [9.17, 15) is 26.7 Å². The summed E-state index contributed by atoms with van der Waals surface area (Å²) in [5, 5.41) is 9.50. The predicted molar refractivity (Wildman–Crippen MR) is 76.9 cm³/mol. The topological polar surface area (TPSA) is 63.6 Å². The molecule has 4 nitrogen and oxygen atoms in total. The summed E-state index contributed by atoms with van der Waals surface area (Å²) in [5.74, 6) is -0.0102. The minimum absolute atomic E-state index is 0.0102. The highest BCUT2D eigenvalue weighted by molar-refractivity contribution is 7.93. The van der Waals surface area contributed by atoms with Gasteiger partial charge in [0.25, 0.3) is 0 Å². The summed E-state index contributed by atoms with van der Waals surface area (Å²) in [6, 6.07) is 3.10. The zero-order valence-electron chi connectivity index (χ0n) is 12.4. The number of sulfone groups is 1. The first-order valence-electron chi connectivity index (χ1n) is 7.28. The second-order valence-electron chi connectivity index (χ2n) is 6.30. The van der Waals surface area contributed by atoms with E-state index in [-0.39, 0.29) is 24.2 Å². The fraction of sp³-hybridized carbons (Fsp3) is 0.600. The molecule has 2 fully saturated rings. The largest absolute Gasteiger partial charge is 0.497 e. The zero-order valence-corrected chi connectivity index (χ0v) is 13.2. The van der Waals surface area contributed by atoms with Crippen LogP contribution in [0.5, 0.6) is 5.75 Å². The minimum Gasteiger partial charge on any atom is -0.497 e. The number of halogens is 3. The highest BCUT2D eigenvalue weighted by Gasteiger charge is 2.53. The Morgan fingerprint density at radius 2 is 1.74 bits per heavy atom. The lowest BCUT2D eigenvalue weighted by atomic mass is 9.85. The van der Waals surface area contributed by atoms with Gasteiger partial charge in [-0.3, -0.25) is 0 Å². The van der Waals surface area contributed by atoms with E-state index in [0.717, 1.165) is 12.1 Å². The predicted octanol–water partition coefficient (Wildman–Crippen LogP) is 2.64. The molecule has 3 rings (SSSR count). The number of ether oxygens (including phenoxy) is 1. The maximum absolute atomic E-state index is 13.0. The molecule has 1 N–H and O–H groups in total. The SMILES string of the molecule is COc1cc(C(F)(F)F)cc(C2(O)CC3CCC(C2)S3(=O)=O)c1. The summed E-state index contributed by atoms with van der Waals surface area (Å²) in [6.07, 6.45) is -3.82. The highest BCUT2D eigenvalue weighted by atomic mass is 32.2. The number of alkyl halides is 3. The zero-order chi connectivity index (χ0) is 17.0. The van der Waals surface area contributed by atoms with Crippen LogP contribution in [0.2, 0.25) is 0 Å². The molecule has 2 atom stereocenters. The molecule has 0 spiro atoms. The Hall–Kier alpha value is -1.28. The molecule has 2 saturated heterocycles. The average Bonchev–Trinajstić information content (AvgIpc) is 2.65. The van der Waals surface area contributed by atoms with Crippen molar-refractivity contribution >= 4 is 9.84 Å². The lowest BCUT2D eigenvalue weighted by Crippen LogP contribution is -2.43. The molecule has 128 valence electrons. The summed E-state index contributed by atoms with van der Waals surface area (Å²) >= 11 is 0. The normalized spacial score (nSPS) is 32.7. The molecule has 1 aromatic carbocycles. The number of aliphatic hydroxyl groups is 1. The van der Waals surface area contributed by atoms with E-state index in [1.54, 1.807) is 0 Å². The van der Waals surface area contributed by atoms with Crippen molar-refractivity contribution in [3.63, 3.8) is 0 Å². The van der Waals surface area contributed by atoms with E-state index < -0.39 is 37.7 Å². The molecule has 1 aromatic rings. The van der Waals surface area contributed by atoms with E-state index in [1.807, 2.05) is 0 Å². The molecule has 2 bridgehead atoms. The number of hydrogen-bond acceptors (Lipinski definition) is 4. The summed E-state index contributed by atoms with van der Waals surface area (Å²) in [5.41, 5.74) is -2.43. The molecule has 2 unspecified atom stereocenters. The average molecular weight is 350 g/mol. The second-order valence-corrected chi connectivity index (χ2v) is 8.81. The molecule has 0 aliphatic carbocycles. The number of benzene rings is 1. The van der Waals surface area contributed by atoms with Gasteiger partial charge in [0.1, 0.15) is 5.75 Å². The lowest BCUT2D eigenvalue weighted by molar-refractivity contribution is -0.137. The molecule has 0 amide bonds. The molecule has 0 radical (unpaired) electrons. The van der Waals surface area contributed by atoms with Crippen molar-refractivity contribution in [1.82, 2.24) is 0 Å². The van der Waals surface area contributed by atoms with Gasteiger partial charge in [-0.25, -0.2) is 8.42 Å². The second kappa shape index (κ2) is 5.11. The minimum atomic E-state index is -4.57. The van der Waals surface area contributed by atoms with Crippen LogP contribution in [0.1, 0.15) is 36.8 Å². The van der Waals surface area contributed by atoms with Crippen LogP contribution in [-0.2, 0) is 21.6 Å². The Balaban J connectivity index is 2.05. The summed E-state index contributed by atoms with van der Waals surface area (Å²) in [7, 11) is -2.03. The lowest BCUT2D eigenvalue weighted by Gasteiger charge is -2.37. The molecular formula is C15H17F3O4S. The van der Waals surface area contributed by atoms with Crippen molar-refractivity contribution in [3.8, 4) is 5.75 Å². The van der Waals surface area contributed by atoms with Crippen LogP contribution in [0, 0.1) is 0 Å². The summed E-state index contributed by atoms with van der Waals surface area (Å²) in [6.45, 7) is 0. The molecule has 2 aliphatic heterocycles. The maximum atomic E-state index is 13.0. The highest BCUT2D eigenvalue weighted by Crippen LogP contribution is 2.48. The Kier molecular flexibility index (Phi) is 3.68. The van der Waals surface area contributed by atoms with Crippen molar-refractivity contribution in [2.75, 3.05) is 7.11 Å². The van der Waals surface area contributed by atoms with Crippen molar-refractivity contribution in [2.45, 2.75) is 48.0 Å². The maximum Gasteiger partial charge on any atom is 0.416 e. The first-order valence-corrected chi connectivity index (χ1v) is 8.89. The third-order valence-electron chi connectivity index (χ3n) is 4.88. The van der Waals surface area contributed by atoms with Crippen LogP contribution in [-0.4, -0.2) is 31.1 Å². The van der Waals surface area contributed by atoms with Gasteiger partial charge >= 0.3 is 6.18 Å². The molecular weight excluding hydrogens is 333 g/mol. The van der Waals surface area contributed by atoms with Crippen LogP contribution in [0.4, 0.5) is 13.2 Å². The van der Waals surface area contributed by atoms with Gasteiger partial charge in [-0.15, -0.1) is 0 Å². The standard InChI is InChI=1S/C15H17F3O4S/c1-22-11-5-9(4-10(6-11)15(16,17)18)14(19)7-12-2-3-13(8-14)23(12,20)21/h4-6,12-13,19H,2-3,7-8H2,1H3. The summed E-state index contributed by atoms with van der Waals surface area (Å²) < 4.78 is 68.3. The number of methoxy groups -OCH3 is 1. The van der Waals surface area contributed by atoms with Gasteiger partial charge < -0.3 is 9.84 Å². The quantitative estimate of drug-likeness (QED) is 0.891. The monoisotopic (exact) mass is 350 g/mol. The Morgan fingerprint density at radius 1 is 1.17 bits per heavy atom. The van der Waals surface area contributed by atoms with Gasteiger partial charge in [0.15, 0.2) is 9.84 Å². The molecule has 0 saturated carbocycles. The first kappa shape index (κ1) is 16.6. The van der Waals surface area contributed by atoms with Crippen LogP contribution in [0.15, 0.2) is 18.2 Å². The molecule has 0 aromatic heterocycles. The van der Waals surface area contributed by atoms with Gasteiger partial charge in [0, 0.05) is 0 Å². The fourth-order valence-electron chi connectivity index (χ4n) is 3.63. The fourth-order valence-corrected chi connectivity index (χ4v) is 6.12. The third-order valence-corrected chi connectivity index (χ3v) is 7.54. The van der Waals surface area contributed by atoms with E-state index in [2.05, 4.69) is 0 Å². The van der Waals surface area contributed by atoms with Crippen molar-refractivity contribution in [1.29, 1.82) is 0 Å². The van der Waals surface area contributed by atoms with E-state index in [1.165, 1.54) is 13.2 Å². The molecule has 2 aliphatic rings. The van der Waals surface area contributed by atoms with Crippen LogP contribution >= 0.6 is 0 Å². The molecule has 8 heteroatoms. The van der Waals surface area contributed by atoms with E-state index >= 15 is 0 Å². The number of rotatable bonds is 2. The summed E-state index contributed by atoms with van der Waals surface area (Å²) in [4.78, 5) is 0. The van der Waals surface area contributed by atoms with Gasteiger partial charge in [-0.2, -0.15) is 13.2 Å². The van der Waals surface area contributed by atoms with Gasteiger partial charge in [0.05, 0.1) is 28.8 Å². The molecule has 2 heterocycles. The van der Waals surface area contributed by atoms with Gasteiger partial charge in [-0.1, -0.05) is 0 Å². The number of fused-ring (bicyclic) bond motifs is 2. The van der Waals surface area contributed by atoms with Crippen LogP contribution in [0.3, 0.4) is 0 Å². The van der Waals surface area contributed by atoms with Crippen LogP contribution in [0.25, 0.3) is 0 Å². The van der Waals surface area contributed by atoms with E-state index in [0.29, 0.717) is 12.8 Å². The Bertz CT molecular complexity index is 707. The third kappa shape index (κ3) is 2.71. The molecule has 23 heavy (non-hydrogen) atoms.